The van der Waals surface area contributed by atoms with Crippen molar-refractivity contribution >= 4 is 23.2 Å². The number of nitrogens with zero attached hydrogens (tertiary/aromatic N) is 2. The quantitative estimate of drug-likeness (QED) is 0.664. The van der Waals surface area contributed by atoms with E-state index in [1.54, 1.807) is 16.2 Å². The van der Waals surface area contributed by atoms with E-state index in [9.17, 15) is 9.59 Å². The number of carbonyl (C=O) groups excluding carboxylic acids is 2. The highest BCUT2D eigenvalue weighted by atomic mass is 32.1. The number of benzene rings is 1. The number of ether oxygens (including phenoxy) is 1. The first-order valence-corrected chi connectivity index (χ1v) is 11.7. The Morgan fingerprint density at radius 2 is 2.03 bits per heavy atom. The van der Waals surface area contributed by atoms with Crippen molar-refractivity contribution in [2.45, 2.75) is 58.5 Å². The third kappa shape index (κ3) is 4.38. The van der Waals surface area contributed by atoms with E-state index in [4.69, 9.17) is 4.74 Å². The lowest BCUT2D eigenvalue weighted by molar-refractivity contribution is -0.143. The fourth-order valence-corrected chi connectivity index (χ4v) is 5.18. The van der Waals surface area contributed by atoms with Crippen LogP contribution in [0.5, 0.6) is 5.75 Å². The smallest absolute Gasteiger partial charge is 0.242 e. The van der Waals surface area contributed by atoms with Gasteiger partial charge in [0, 0.05) is 23.9 Å². The average molecular weight is 427 g/mol. The van der Waals surface area contributed by atoms with Gasteiger partial charge in [-0.25, -0.2) is 0 Å². The van der Waals surface area contributed by atoms with Gasteiger partial charge in [-0.1, -0.05) is 24.6 Å². The van der Waals surface area contributed by atoms with Crippen LogP contribution in [0.4, 0.5) is 0 Å². The van der Waals surface area contributed by atoms with E-state index in [-0.39, 0.29) is 30.4 Å². The lowest BCUT2D eigenvalue weighted by atomic mass is 10.00. The van der Waals surface area contributed by atoms with Crippen LogP contribution < -0.4 is 4.74 Å². The van der Waals surface area contributed by atoms with Crippen LogP contribution in [-0.4, -0.2) is 47.4 Å². The standard InChI is InChI=1S/C24H30N2O3S/c1-4-23(27)26(18-6-7-18)14-24(28)25-11-9-22-19(10-12-30-22)20(25)15-29-21-8-5-16(2)13-17(21)3/h5,8,10,12-13,18,20H,4,6-7,9,11,14-15H2,1-3H3/t20-/m1/s1. The van der Waals surface area contributed by atoms with Crippen molar-refractivity contribution < 1.29 is 14.3 Å². The first-order valence-electron chi connectivity index (χ1n) is 10.8. The van der Waals surface area contributed by atoms with E-state index in [0.29, 0.717) is 19.6 Å². The molecule has 6 heteroatoms. The summed E-state index contributed by atoms with van der Waals surface area (Å²) in [5, 5.41) is 2.10. The zero-order valence-electron chi connectivity index (χ0n) is 18.0. The van der Waals surface area contributed by atoms with Gasteiger partial charge >= 0.3 is 0 Å². The largest absolute Gasteiger partial charge is 0.491 e. The number of rotatable bonds is 7. The second-order valence-electron chi connectivity index (χ2n) is 8.34. The van der Waals surface area contributed by atoms with E-state index in [1.807, 2.05) is 30.9 Å². The van der Waals surface area contributed by atoms with Gasteiger partial charge < -0.3 is 14.5 Å². The number of amides is 2. The molecule has 160 valence electrons. The molecule has 0 spiro atoms. The fraction of sp³-hybridized carbons (Fsp3) is 0.500. The predicted octanol–water partition coefficient (Wildman–Crippen LogP) is 4.27. The third-order valence-electron chi connectivity index (χ3n) is 6.06. The molecule has 0 saturated heterocycles. The van der Waals surface area contributed by atoms with Crippen LogP contribution >= 0.6 is 11.3 Å². The molecule has 1 aromatic carbocycles. The molecule has 1 fully saturated rings. The average Bonchev–Trinajstić information content (AvgIpc) is 3.46. The minimum absolute atomic E-state index is 0.0229. The van der Waals surface area contributed by atoms with Crippen molar-refractivity contribution in [1.29, 1.82) is 0 Å². The van der Waals surface area contributed by atoms with Crippen molar-refractivity contribution in [2.24, 2.45) is 0 Å². The first-order chi connectivity index (χ1) is 14.5. The van der Waals surface area contributed by atoms with E-state index in [1.165, 1.54) is 16.0 Å². The molecule has 2 amide bonds. The zero-order valence-corrected chi connectivity index (χ0v) is 18.8. The maximum Gasteiger partial charge on any atom is 0.242 e. The van der Waals surface area contributed by atoms with Gasteiger partial charge in [0.1, 0.15) is 18.9 Å². The van der Waals surface area contributed by atoms with E-state index in [0.717, 1.165) is 30.6 Å². The Balaban J connectivity index is 1.52. The molecule has 0 N–H and O–H groups in total. The summed E-state index contributed by atoms with van der Waals surface area (Å²) in [6, 6.07) is 8.40. The molecule has 2 heterocycles. The Morgan fingerprint density at radius 1 is 1.23 bits per heavy atom. The van der Waals surface area contributed by atoms with Gasteiger partial charge in [-0.3, -0.25) is 9.59 Å². The second kappa shape index (κ2) is 8.80. The predicted molar refractivity (Wildman–Crippen MR) is 119 cm³/mol. The molecule has 1 atom stereocenters. The van der Waals surface area contributed by atoms with Gasteiger partial charge in [-0.15, -0.1) is 11.3 Å². The van der Waals surface area contributed by atoms with Gasteiger partial charge in [0.15, 0.2) is 0 Å². The number of hydrogen-bond acceptors (Lipinski definition) is 4. The molecular weight excluding hydrogens is 396 g/mol. The molecule has 5 nitrogen and oxygen atoms in total. The molecule has 2 aromatic rings. The van der Waals surface area contributed by atoms with Crippen LogP contribution in [0.25, 0.3) is 0 Å². The maximum atomic E-state index is 13.3. The number of carbonyl (C=O) groups is 2. The molecule has 1 aliphatic heterocycles. The summed E-state index contributed by atoms with van der Waals surface area (Å²) >= 11 is 1.75. The molecule has 0 radical (unpaired) electrons. The Kier molecular flexibility index (Phi) is 6.14. The minimum atomic E-state index is -0.119. The van der Waals surface area contributed by atoms with E-state index in [2.05, 4.69) is 24.4 Å². The minimum Gasteiger partial charge on any atom is -0.491 e. The lowest BCUT2D eigenvalue weighted by Crippen LogP contribution is -2.48. The monoisotopic (exact) mass is 426 g/mol. The summed E-state index contributed by atoms with van der Waals surface area (Å²) < 4.78 is 6.20. The topological polar surface area (TPSA) is 49.9 Å². The Labute approximate surface area is 182 Å². The molecular formula is C24H30N2O3S. The summed E-state index contributed by atoms with van der Waals surface area (Å²) in [5.74, 6) is 0.952. The lowest BCUT2D eigenvalue weighted by Gasteiger charge is -2.37. The molecule has 1 aromatic heterocycles. The second-order valence-corrected chi connectivity index (χ2v) is 9.34. The highest BCUT2D eigenvalue weighted by Gasteiger charge is 2.37. The van der Waals surface area contributed by atoms with Crippen LogP contribution in [0.15, 0.2) is 29.6 Å². The molecule has 0 unspecified atom stereocenters. The van der Waals surface area contributed by atoms with Crippen molar-refractivity contribution in [3.05, 3.63) is 51.2 Å². The summed E-state index contributed by atoms with van der Waals surface area (Å²) in [4.78, 5) is 30.7. The maximum absolute atomic E-state index is 13.3. The zero-order chi connectivity index (χ0) is 21.3. The molecule has 2 aliphatic rings. The Morgan fingerprint density at radius 3 is 2.73 bits per heavy atom. The van der Waals surface area contributed by atoms with Crippen molar-refractivity contribution in [3.8, 4) is 5.75 Å². The van der Waals surface area contributed by atoms with Crippen LogP contribution in [0.3, 0.4) is 0 Å². The van der Waals surface area contributed by atoms with Crippen LogP contribution in [-0.2, 0) is 16.0 Å². The number of thiophene rings is 1. The molecule has 30 heavy (non-hydrogen) atoms. The Bertz CT molecular complexity index is 934. The van der Waals surface area contributed by atoms with Gasteiger partial charge in [0.2, 0.25) is 11.8 Å². The molecule has 1 saturated carbocycles. The highest BCUT2D eigenvalue weighted by Crippen LogP contribution is 2.35. The third-order valence-corrected chi connectivity index (χ3v) is 7.05. The summed E-state index contributed by atoms with van der Waals surface area (Å²) in [6.45, 7) is 7.25. The van der Waals surface area contributed by atoms with Crippen molar-refractivity contribution in [2.75, 3.05) is 19.7 Å². The summed E-state index contributed by atoms with van der Waals surface area (Å²) in [7, 11) is 0. The highest BCUT2D eigenvalue weighted by molar-refractivity contribution is 7.10. The number of aryl methyl sites for hydroxylation is 2. The van der Waals surface area contributed by atoms with E-state index < -0.39 is 0 Å². The SMILES string of the molecule is CCC(=O)N(CC(=O)N1CCc2sccc2[C@H]1COc1ccc(C)cc1C)C1CC1. The number of hydrogen-bond donors (Lipinski definition) is 0. The number of fused-ring (bicyclic) bond motifs is 1. The van der Waals surface area contributed by atoms with Crippen LogP contribution in [0.1, 0.15) is 53.8 Å². The van der Waals surface area contributed by atoms with Gasteiger partial charge in [0.05, 0.1) is 6.04 Å². The Hall–Kier alpha value is -2.34. The fourth-order valence-electron chi connectivity index (χ4n) is 4.25. The van der Waals surface area contributed by atoms with E-state index >= 15 is 0 Å². The normalized spacial score (nSPS) is 18.1. The van der Waals surface area contributed by atoms with Gasteiger partial charge in [-0.05, 0) is 61.7 Å². The van der Waals surface area contributed by atoms with Gasteiger partial charge in [0.25, 0.3) is 0 Å². The van der Waals surface area contributed by atoms with Gasteiger partial charge in [-0.2, -0.15) is 0 Å². The molecule has 1 aliphatic carbocycles. The molecule has 0 bridgehead atoms. The summed E-state index contributed by atoms with van der Waals surface area (Å²) in [6.07, 6.45) is 3.32. The first kappa shape index (κ1) is 20.9. The van der Waals surface area contributed by atoms with Crippen molar-refractivity contribution in [3.63, 3.8) is 0 Å². The molecule has 4 rings (SSSR count). The van der Waals surface area contributed by atoms with Crippen LogP contribution in [0.2, 0.25) is 0 Å². The van der Waals surface area contributed by atoms with Crippen LogP contribution in [0, 0.1) is 13.8 Å². The summed E-state index contributed by atoms with van der Waals surface area (Å²) in [5.41, 5.74) is 3.49. The van der Waals surface area contributed by atoms with Crippen molar-refractivity contribution in [1.82, 2.24) is 9.80 Å².